The van der Waals surface area contributed by atoms with Gasteiger partial charge in [0.25, 0.3) is 0 Å². The lowest BCUT2D eigenvalue weighted by molar-refractivity contribution is -0.120. The zero-order chi connectivity index (χ0) is 22.7. The van der Waals surface area contributed by atoms with Crippen LogP contribution in [0.25, 0.3) is 0 Å². The van der Waals surface area contributed by atoms with Crippen LogP contribution in [0, 0.1) is 13.8 Å². The minimum Gasteiger partial charge on any atom is -0.497 e. The average molecular weight is 428 g/mol. The molecule has 32 heavy (non-hydrogen) atoms. The van der Waals surface area contributed by atoms with E-state index >= 15 is 0 Å². The first-order valence-electron chi connectivity index (χ1n) is 10.3. The van der Waals surface area contributed by atoms with Gasteiger partial charge in [-0.2, -0.15) is 0 Å². The summed E-state index contributed by atoms with van der Waals surface area (Å²) in [4.78, 5) is 36.6. The number of aliphatic imine (C=N–C) groups is 1. The first kappa shape index (κ1) is 21.2. The quantitative estimate of drug-likeness (QED) is 0.660. The van der Waals surface area contributed by atoms with Crippen molar-refractivity contribution in [2.45, 2.75) is 20.3 Å². The molecule has 2 heterocycles. The minimum atomic E-state index is -0.294. The number of amides is 2. The third-order valence-electron chi connectivity index (χ3n) is 5.35. The first-order chi connectivity index (χ1) is 15.5. The van der Waals surface area contributed by atoms with Gasteiger partial charge in [-0.15, -0.1) is 0 Å². The van der Waals surface area contributed by atoms with E-state index < -0.39 is 0 Å². The van der Waals surface area contributed by atoms with Crippen LogP contribution in [-0.2, 0) is 9.59 Å². The van der Waals surface area contributed by atoms with Crippen LogP contribution in [0.4, 0.5) is 17.2 Å². The van der Waals surface area contributed by atoms with Crippen molar-refractivity contribution in [3.05, 3.63) is 77.5 Å². The molecule has 2 amide bonds. The Kier molecular flexibility index (Phi) is 5.98. The number of ether oxygens (including phenoxy) is 1. The molecular weight excluding hydrogens is 404 g/mol. The molecular formula is C25H24N4O3. The van der Waals surface area contributed by atoms with Crippen molar-refractivity contribution in [3.8, 4) is 5.75 Å². The number of nitrogens with zero attached hydrogens (tertiary/aromatic N) is 3. The maximum Gasteiger partial charge on any atom is 0.244 e. The number of nitrogens with one attached hydrogen (secondary N) is 1. The number of hydrogen-bond donors (Lipinski definition) is 1. The number of aromatic nitrogens is 1. The second-order valence-corrected chi connectivity index (χ2v) is 7.61. The van der Waals surface area contributed by atoms with Crippen LogP contribution in [-0.4, -0.2) is 36.2 Å². The molecule has 0 saturated heterocycles. The van der Waals surface area contributed by atoms with Crippen LogP contribution in [0.5, 0.6) is 5.75 Å². The molecule has 0 atom stereocenters. The Morgan fingerprint density at radius 1 is 1.09 bits per heavy atom. The average Bonchev–Trinajstić information content (AvgIpc) is 2.93. The van der Waals surface area contributed by atoms with Crippen molar-refractivity contribution < 1.29 is 14.3 Å². The molecule has 162 valence electrons. The lowest BCUT2D eigenvalue weighted by Crippen LogP contribution is -2.39. The molecule has 7 nitrogen and oxygen atoms in total. The predicted octanol–water partition coefficient (Wildman–Crippen LogP) is 4.20. The van der Waals surface area contributed by atoms with Crippen LogP contribution >= 0.6 is 0 Å². The molecule has 1 aliphatic rings. The highest BCUT2D eigenvalue weighted by Gasteiger charge is 2.28. The van der Waals surface area contributed by atoms with Gasteiger partial charge in [-0.3, -0.25) is 14.5 Å². The summed E-state index contributed by atoms with van der Waals surface area (Å²) >= 11 is 0. The van der Waals surface area contributed by atoms with Gasteiger partial charge in [-0.1, -0.05) is 30.3 Å². The highest BCUT2D eigenvalue weighted by atomic mass is 16.5. The van der Waals surface area contributed by atoms with Crippen LogP contribution in [0.3, 0.4) is 0 Å². The molecule has 1 N–H and O–H groups in total. The van der Waals surface area contributed by atoms with E-state index in [2.05, 4.69) is 10.3 Å². The van der Waals surface area contributed by atoms with E-state index in [1.165, 1.54) is 4.90 Å². The zero-order valence-corrected chi connectivity index (χ0v) is 18.3. The third kappa shape index (κ3) is 4.37. The second kappa shape index (κ2) is 9.01. The molecule has 0 aliphatic carbocycles. The molecule has 1 aromatic heterocycles. The fourth-order valence-electron chi connectivity index (χ4n) is 3.69. The summed E-state index contributed by atoms with van der Waals surface area (Å²) in [6, 6.07) is 16.8. The Bertz CT molecular complexity index is 1200. The van der Waals surface area contributed by atoms with E-state index in [1.54, 1.807) is 25.4 Å². The van der Waals surface area contributed by atoms with E-state index in [0.717, 1.165) is 22.4 Å². The monoisotopic (exact) mass is 428 g/mol. The largest absolute Gasteiger partial charge is 0.497 e. The Balaban J connectivity index is 1.63. The van der Waals surface area contributed by atoms with E-state index in [1.807, 2.05) is 56.3 Å². The number of methoxy groups -OCH3 is 1. The minimum absolute atomic E-state index is 0.0419. The number of pyridine rings is 1. The maximum atomic E-state index is 13.2. The Morgan fingerprint density at radius 3 is 2.59 bits per heavy atom. The van der Waals surface area contributed by atoms with Crippen molar-refractivity contribution in [1.82, 2.24) is 4.98 Å². The van der Waals surface area contributed by atoms with Gasteiger partial charge in [0, 0.05) is 17.4 Å². The number of hydrogen-bond acceptors (Lipinski definition) is 5. The predicted molar refractivity (Wildman–Crippen MR) is 125 cm³/mol. The van der Waals surface area contributed by atoms with Gasteiger partial charge in [-0.25, -0.2) is 9.98 Å². The number of benzene rings is 2. The van der Waals surface area contributed by atoms with Crippen LogP contribution in [0.1, 0.15) is 23.1 Å². The highest BCUT2D eigenvalue weighted by molar-refractivity contribution is 6.18. The molecule has 0 radical (unpaired) electrons. The summed E-state index contributed by atoms with van der Waals surface area (Å²) in [6.07, 6.45) is 1.63. The molecule has 1 aliphatic heterocycles. The number of para-hydroxylation sites is 1. The van der Waals surface area contributed by atoms with Crippen molar-refractivity contribution in [2.24, 2.45) is 4.99 Å². The van der Waals surface area contributed by atoms with Crippen LogP contribution in [0.15, 0.2) is 65.8 Å². The zero-order valence-electron chi connectivity index (χ0n) is 18.3. The van der Waals surface area contributed by atoms with Gasteiger partial charge >= 0.3 is 0 Å². The van der Waals surface area contributed by atoms with Gasteiger partial charge in [0.05, 0.1) is 19.2 Å². The topological polar surface area (TPSA) is 83.9 Å². The van der Waals surface area contributed by atoms with Crippen LogP contribution in [0.2, 0.25) is 0 Å². The molecule has 3 aromatic rings. The second-order valence-electron chi connectivity index (χ2n) is 7.61. The Labute approximate surface area is 186 Å². The first-order valence-corrected chi connectivity index (χ1v) is 10.3. The number of fused-ring (bicyclic) bond motifs is 1. The summed E-state index contributed by atoms with van der Waals surface area (Å²) in [5.74, 6) is 0.503. The lowest BCUT2D eigenvalue weighted by Gasteiger charge is -2.21. The number of rotatable bonds is 5. The molecule has 2 aromatic carbocycles. The number of carbonyl (C=O) groups excluding carboxylic acids is 2. The Morgan fingerprint density at radius 2 is 1.84 bits per heavy atom. The molecule has 4 rings (SSSR count). The molecule has 0 bridgehead atoms. The van der Waals surface area contributed by atoms with Crippen molar-refractivity contribution in [1.29, 1.82) is 0 Å². The smallest absolute Gasteiger partial charge is 0.244 e. The molecule has 0 saturated carbocycles. The normalized spacial score (nSPS) is 13.2. The molecule has 0 unspecified atom stereocenters. The van der Waals surface area contributed by atoms with Gasteiger partial charge in [-0.05, 0) is 49.2 Å². The van der Waals surface area contributed by atoms with Crippen molar-refractivity contribution in [2.75, 3.05) is 23.9 Å². The molecule has 0 fully saturated rings. The van der Waals surface area contributed by atoms with E-state index in [9.17, 15) is 9.59 Å². The fourth-order valence-corrected chi connectivity index (χ4v) is 3.69. The number of anilines is 2. The Hall–Kier alpha value is -4.00. The lowest BCUT2D eigenvalue weighted by atomic mass is 10.1. The van der Waals surface area contributed by atoms with Crippen LogP contribution < -0.4 is 15.0 Å². The standard InChI is InChI=1S/C25H24N4O3/c1-16-7-4-8-17(2)24(16)28-22(30)15-29-23(31)14-21(18-9-5-10-19(13-18)32-3)27-20-11-6-12-26-25(20)29/h4-13H,14-15H2,1-3H3,(H,28,30). The summed E-state index contributed by atoms with van der Waals surface area (Å²) in [7, 11) is 1.59. The highest BCUT2D eigenvalue weighted by Crippen LogP contribution is 2.31. The summed E-state index contributed by atoms with van der Waals surface area (Å²) in [5.41, 5.74) is 4.60. The maximum absolute atomic E-state index is 13.2. The third-order valence-corrected chi connectivity index (χ3v) is 5.35. The number of aryl methyl sites for hydroxylation is 2. The van der Waals surface area contributed by atoms with Crippen molar-refractivity contribution in [3.63, 3.8) is 0 Å². The number of carbonyl (C=O) groups is 2. The van der Waals surface area contributed by atoms with Gasteiger partial charge in [0.1, 0.15) is 18.0 Å². The molecule has 7 heteroatoms. The van der Waals surface area contributed by atoms with E-state index in [0.29, 0.717) is 23.0 Å². The van der Waals surface area contributed by atoms with E-state index in [4.69, 9.17) is 9.73 Å². The molecule has 0 spiro atoms. The van der Waals surface area contributed by atoms with E-state index in [-0.39, 0.29) is 24.8 Å². The summed E-state index contributed by atoms with van der Waals surface area (Å²) < 4.78 is 5.31. The summed E-state index contributed by atoms with van der Waals surface area (Å²) in [5, 5.41) is 2.94. The summed E-state index contributed by atoms with van der Waals surface area (Å²) in [6.45, 7) is 3.72. The van der Waals surface area contributed by atoms with Crippen molar-refractivity contribution >= 4 is 34.7 Å². The van der Waals surface area contributed by atoms with Gasteiger partial charge in [0.2, 0.25) is 11.8 Å². The van der Waals surface area contributed by atoms with Gasteiger partial charge < -0.3 is 10.1 Å². The van der Waals surface area contributed by atoms with Gasteiger partial charge in [0.15, 0.2) is 5.82 Å². The fraction of sp³-hybridized carbons (Fsp3) is 0.200. The SMILES string of the molecule is COc1cccc(C2=Nc3cccnc3N(CC(=O)Nc3c(C)cccc3C)C(=O)C2)c1.